The highest BCUT2D eigenvalue weighted by atomic mass is 16.3. The van der Waals surface area contributed by atoms with E-state index in [1.165, 1.54) is 21.8 Å². The highest BCUT2D eigenvalue weighted by molar-refractivity contribution is 6.10. The van der Waals surface area contributed by atoms with Gasteiger partial charge in [-0.25, -0.2) is 9.97 Å². The van der Waals surface area contributed by atoms with E-state index in [9.17, 15) is 0 Å². The van der Waals surface area contributed by atoms with E-state index in [-0.39, 0.29) is 0 Å². The number of para-hydroxylation sites is 2. The van der Waals surface area contributed by atoms with Crippen molar-refractivity contribution in [1.82, 2.24) is 14.5 Å². The first-order chi connectivity index (χ1) is 24.8. The number of hydrogen-bond donors (Lipinski definition) is 0. The van der Waals surface area contributed by atoms with Gasteiger partial charge >= 0.3 is 0 Å². The fourth-order valence-electron chi connectivity index (χ4n) is 7.21. The second-order valence-electron chi connectivity index (χ2n) is 12.6. The minimum absolute atomic E-state index is 0.672. The highest BCUT2D eigenvalue weighted by Crippen LogP contribution is 2.39. The molecule has 0 aliphatic heterocycles. The van der Waals surface area contributed by atoms with E-state index in [1.807, 2.05) is 24.3 Å². The van der Waals surface area contributed by atoms with E-state index >= 15 is 0 Å². The topological polar surface area (TPSA) is 43.9 Å². The number of aromatic nitrogens is 3. The van der Waals surface area contributed by atoms with Crippen LogP contribution in [-0.2, 0) is 0 Å². The summed E-state index contributed by atoms with van der Waals surface area (Å²) in [5.74, 6) is 0.672. The molecule has 3 aromatic heterocycles. The number of rotatable bonds is 5. The molecule has 0 saturated carbocycles. The number of furan rings is 1. The van der Waals surface area contributed by atoms with Crippen LogP contribution in [0, 0.1) is 0 Å². The summed E-state index contributed by atoms with van der Waals surface area (Å²) in [6, 6.07) is 61.5. The molecule has 234 valence electrons. The lowest BCUT2D eigenvalue weighted by Gasteiger charge is -2.09. The van der Waals surface area contributed by atoms with Crippen molar-refractivity contribution in [2.24, 2.45) is 0 Å². The first kappa shape index (κ1) is 28.3. The van der Waals surface area contributed by atoms with Crippen molar-refractivity contribution in [1.29, 1.82) is 0 Å². The summed E-state index contributed by atoms with van der Waals surface area (Å²) < 4.78 is 9.03. The van der Waals surface area contributed by atoms with Gasteiger partial charge in [-0.2, -0.15) is 0 Å². The van der Waals surface area contributed by atoms with Crippen LogP contribution in [0.2, 0.25) is 0 Å². The Kier molecular flexibility index (Phi) is 6.46. The maximum atomic E-state index is 6.69. The van der Waals surface area contributed by atoms with Crippen molar-refractivity contribution in [3.05, 3.63) is 176 Å². The van der Waals surface area contributed by atoms with Crippen LogP contribution in [0.4, 0.5) is 0 Å². The summed E-state index contributed by atoms with van der Waals surface area (Å²) in [7, 11) is 0. The molecule has 0 radical (unpaired) electrons. The molecule has 4 nitrogen and oxygen atoms in total. The Morgan fingerprint density at radius 1 is 0.400 bits per heavy atom. The summed E-state index contributed by atoms with van der Waals surface area (Å²) in [6.07, 6.45) is 0. The van der Waals surface area contributed by atoms with Gasteiger partial charge in [0.25, 0.3) is 0 Å². The molecule has 3 heterocycles. The van der Waals surface area contributed by atoms with Gasteiger partial charge < -0.3 is 8.98 Å². The monoisotopic (exact) mass is 639 g/mol. The van der Waals surface area contributed by atoms with Crippen LogP contribution in [-0.4, -0.2) is 14.5 Å². The standard InChI is InChI=1S/C46H29N3O/c1-3-12-30(13-4-1)33-16-11-17-35(28-33)43-45-44(48-46(47-43)32-14-5-2-6-15-32)39-27-24-34(29-42(39)50-45)31-22-25-36(26-23-31)49-40-20-9-7-18-37(40)38-19-8-10-21-41(38)49/h1-29H. The van der Waals surface area contributed by atoms with Gasteiger partial charge in [-0.05, 0) is 64.7 Å². The molecule has 0 aliphatic rings. The van der Waals surface area contributed by atoms with Crippen molar-refractivity contribution in [2.45, 2.75) is 0 Å². The maximum Gasteiger partial charge on any atom is 0.180 e. The lowest BCUT2D eigenvalue weighted by molar-refractivity contribution is 0.667. The average Bonchev–Trinajstić information content (AvgIpc) is 3.74. The lowest BCUT2D eigenvalue weighted by atomic mass is 10.0. The van der Waals surface area contributed by atoms with Crippen LogP contribution in [0.5, 0.6) is 0 Å². The van der Waals surface area contributed by atoms with Crippen molar-refractivity contribution in [3.8, 4) is 50.6 Å². The van der Waals surface area contributed by atoms with E-state index in [1.54, 1.807) is 0 Å². The molecule has 0 amide bonds. The van der Waals surface area contributed by atoms with Crippen LogP contribution >= 0.6 is 0 Å². The predicted octanol–water partition coefficient (Wildman–Crippen LogP) is 12.1. The van der Waals surface area contributed by atoms with E-state index in [2.05, 4.69) is 156 Å². The summed E-state index contributed by atoms with van der Waals surface area (Å²) in [4.78, 5) is 10.2. The Balaban J connectivity index is 1.10. The number of hydrogen-bond acceptors (Lipinski definition) is 3. The summed E-state index contributed by atoms with van der Waals surface area (Å²) in [5, 5.41) is 3.48. The number of fused-ring (bicyclic) bond motifs is 6. The lowest BCUT2D eigenvalue weighted by Crippen LogP contribution is -1.94. The largest absolute Gasteiger partial charge is 0.452 e. The molecular weight excluding hydrogens is 611 g/mol. The molecule has 0 atom stereocenters. The molecule has 0 saturated heterocycles. The molecule has 0 fully saturated rings. The van der Waals surface area contributed by atoms with Gasteiger partial charge in [-0.1, -0.05) is 133 Å². The van der Waals surface area contributed by atoms with Crippen LogP contribution in [0.3, 0.4) is 0 Å². The normalized spacial score (nSPS) is 11.6. The van der Waals surface area contributed by atoms with Crippen LogP contribution < -0.4 is 0 Å². The quantitative estimate of drug-likeness (QED) is 0.188. The first-order valence-electron chi connectivity index (χ1n) is 16.8. The molecule has 0 N–H and O–H groups in total. The minimum atomic E-state index is 0.672. The molecule has 0 unspecified atom stereocenters. The third-order valence-corrected chi connectivity index (χ3v) is 9.63. The van der Waals surface area contributed by atoms with Crippen molar-refractivity contribution in [2.75, 3.05) is 0 Å². The van der Waals surface area contributed by atoms with Gasteiger partial charge in [0.1, 0.15) is 16.8 Å². The molecular formula is C46H29N3O. The van der Waals surface area contributed by atoms with Crippen molar-refractivity contribution < 1.29 is 4.42 Å². The third-order valence-electron chi connectivity index (χ3n) is 9.63. The van der Waals surface area contributed by atoms with Crippen LogP contribution in [0.15, 0.2) is 180 Å². The van der Waals surface area contributed by atoms with Gasteiger partial charge in [-0.3, -0.25) is 0 Å². The smallest absolute Gasteiger partial charge is 0.180 e. The Hall–Kier alpha value is -6.78. The van der Waals surface area contributed by atoms with Crippen LogP contribution in [0.1, 0.15) is 0 Å². The average molecular weight is 640 g/mol. The van der Waals surface area contributed by atoms with Crippen LogP contribution in [0.25, 0.3) is 94.5 Å². The third kappa shape index (κ3) is 4.61. The van der Waals surface area contributed by atoms with Gasteiger partial charge in [0.15, 0.2) is 11.4 Å². The molecule has 50 heavy (non-hydrogen) atoms. The first-order valence-corrected chi connectivity index (χ1v) is 16.8. The fraction of sp³-hybridized carbons (Fsp3) is 0. The van der Waals surface area contributed by atoms with E-state index < -0.39 is 0 Å². The molecule has 7 aromatic carbocycles. The SMILES string of the molecule is c1ccc(-c2cccc(-c3nc(-c4ccccc4)nc4c3oc3cc(-c5ccc(-n6c7ccccc7c7ccccc76)cc5)ccc34)c2)cc1. The zero-order valence-electron chi connectivity index (χ0n) is 27.0. The van der Waals surface area contributed by atoms with Gasteiger partial charge in [0.05, 0.1) is 11.0 Å². The second-order valence-corrected chi connectivity index (χ2v) is 12.6. The Bertz CT molecular complexity index is 2800. The Labute approximate surface area is 288 Å². The Morgan fingerprint density at radius 3 is 1.68 bits per heavy atom. The molecule has 0 aliphatic carbocycles. The Morgan fingerprint density at radius 2 is 0.960 bits per heavy atom. The predicted molar refractivity (Wildman–Crippen MR) is 205 cm³/mol. The molecule has 0 bridgehead atoms. The molecule has 10 aromatic rings. The summed E-state index contributed by atoms with van der Waals surface area (Å²) in [5.41, 5.74) is 13.0. The van der Waals surface area contributed by atoms with Crippen molar-refractivity contribution >= 4 is 43.9 Å². The van der Waals surface area contributed by atoms with E-state index in [0.29, 0.717) is 11.4 Å². The summed E-state index contributed by atoms with van der Waals surface area (Å²) >= 11 is 0. The summed E-state index contributed by atoms with van der Waals surface area (Å²) in [6.45, 7) is 0. The van der Waals surface area contributed by atoms with Gasteiger partial charge in [-0.15, -0.1) is 0 Å². The second kappa shape index (κ2) is 11.4. The minimum Gasteiger partial charge on any atom is -0.452 e. The molecule has 4 heteroatoms. The number of benzene rings is 7. The maximum absolute atomic E-state index is 6.69. The van der Waals surface area contributed by atoms with Crippen molar-refractivity contribution in [3.63, 3.8) is 0 Å². The van der Waals surface area contributed by atoms with Gasteiger partial charge in [0.2, 0.25) is 0 Å². The zero-order valence-corrected chi connectivity index (χ0v) is 27.0. The van der Waals surface area contributed by atoms with E-state index in [4.69, 9.17) is 14.4 Å². The van der Waals surface area contributed by atoms with E-state index in [0.717, 1.165) is 61.2 Å². The molecule has 10 rings (SSSR count). The zero-order chi connectivity index (χ0) is 33.0. The van der Waals surface area contributed by atoms with Gasteiger partial charge in [0, 0.05) is 33.0 Å². The fourth-order valence-corrected chi connectivity index (χ4v) is 7.21. The number of nitrogens with zero attached hydrogens (tertiary/aromatic N) is 3. The molecule has 0 spiro atoms. The highest BCUT2D eigenvalue weighted by Gasteiger charge is 2.19.